The number of aromatic nitrogens is 3. The molecule has 0 radical (unpaired) electrons. The highest BCUT2D eigenvalue weighted by molar-refractivity contribution is 5.99. The van der Waals surface area contributed by atoms with E-state index >= 15 is 0 Å². The van der Waals surface area contributed by atoms with E-state index in [1.165, 1.54) is 35.0 Å². The zero-order valence-corrected chi connectivity index (χ0v) is 19.4. The summed E-state index contributed by atoms with van der Waals surface area (Å²) < 4.78 is 14.8. The van der Waals surface area contributed by atoms with Gasteiger partial charge in [0.15, 0.2) is 5.65 Å². The summed E-state index contributed by atoms with van der Waals surface area (Å²) in [5.41, 5.74) is 8.24. The summed E-state index contributed by atoms with van der Waals surface area (Å²) in [4.78, 5) is 41.3. The van der Waals surface area contributed by atoms with E-state index in [-0.39, 0.29) is 40.6 Å². The van der Waals surface area contributed by atoms with Gasteiger partial charge in [-0.1, -0.05) is 24.3 Å². The number of nitrogens with two attached hydrogens (primary N) is 1. The van der Waals surface area contributed by atoms with Crippen LogP contribution in [0, 0.1) is 12.7 Å². The molecule has 184 valence electrons. The van der Waals surface area contributed by atoms with E-state index in [9.17, 15) is 18.8 Å². The minimum absolute atomic E-state index is 0.0409. The number of aromatic carboxylic acids is 1. The number of carbonyl (C=O) groups excluding carboxylic acids is 2. The van der Waals surface area contributed by atoms with Crippen molar-refractivity contribution in [3.05, 3.63) is 94.2 Å². The highest BCUT2D eigenvalue weighted by Crippen LogP contribution is 2.17. The normalized spacial score (nSPS) is 11.8. The van der Waals surface area contributed by atoms with Gasteiger partial charge in [0.25, 0.3) is 11.8 Å². The average molecular weight is 490 g/mol. The molecule has 2 heterocycles. The van der Waals surface area contributed by atoms with Gasteiger partial charge in [-0.3, -0.25) is 9.59 Å². The average Bonchev–Trinajstić information content (AvgIpc) is 3.24. The number of fused-ring (bicyclic) bond motifs is 1. The molecule has 36 heavy (non-hydrogen) atoms. The molecule has 0 aliphatic carbocycles. The Kier molecular flexibility index (Phi) is 6.64. The standard InChI is InChI=1S/C25H23FN6O4/c1-13-9-15(3-8-18(13)26)11-28-24(34)21-10-20(31-22-19(27)12-29-32(21)22)23(33)30-14(2)16-4-6-17(7-5-16)25(35)36/h3-10,12,14H,11,27H2,1-2H3,(H,28,34)(H,30,33)(H,35,36)/t14-/m0/s1. The fourth-order valence-corrected chi connectivity index (χ4v) is 3.62. The van der Waals surface area contributed by atoms with Gasteiger partial charge in [-0.15, -0.1) is 0 Å². The van der Waals surface area contributed by atoms with Crippen molar-refractivity contribution in [2.24, 2.45) is 0 Å². The van der Waals surface area contributed by atoms with E-state index < -0.39 is 23.8 Å². The van der Waals surface area contributed by atoms with Crippen molar-refractivity contribution < 1.29 is 23.9 Å². The van der Waals surface area contributed by atoms with Crippen LogP contribution in [-0.2, 0) is 6.54 Å². The van der Waals surface area contributed by atoms with E-state index in [1.807, 2.05) is 0 Å². The van der Waals surface area contributed by atoms with Gasteiger partial charge >= 0.3 is 5.97 Å². The Morgan fingerprint density at radius 1 is 1.11 bits per heavy atom. The predicted molar refractivity (Wildman–Crippen MR) is 129 cm³/mol. The molecule has 0 saturated heterocycles. The molecular formula is C25H23FN6O4. The molecular weight excluding hydrogens is 467 g/mol. The van der Waals surface area contributed by atoms with E-state index in [0.717, 1.165) is 0 Å². The number of amides is 2. The molecule has 2 aromatic carbocycles. The number of nitrogens with one attached hydrogen (secondary N) is 2. The first-order chi connectivity index (χ1) is 17.1. The summed E-state index contributed by atoms with van der Waals surface area (Å²) in [5.74, 6) is -2.47. The van der Waals surface area contributed by atoms with Crippen LogP contribution in [0.2, 0.25) is 0 Å². The van der Waals surface area contributed by atoms with Crippen LogP contribution in [0.4, 0.5) is 10.1 Å². The van der Waals surface area contributed by atoms with E-state index in [0.29, 0.717) is 16.7 Å². The summed E-state index contributed by atoms with van der Waals surface area (Å²) in [6.07, 6.45) is 1.33. The lowest BCUT2D eigenvalue weighted by Gasteiger charge is -2.15. The molecule has 10 nitrogen and oxygen atoms in total. The summed E-state index contributed by atoms with van der Waals surface area (Å²) >= 11 is 0. The second-order valence-electron chi connectivity index (χ2n) is 8.25. The van der Waals surface area contributed by atoms with Gasteiger partial charge in [0.05, 0.1) is 23.5 Å². The van der Waals surface area contributed by atoms with Crippen LogP contribution in [0.1, 0.15) is 61.0 Å². The number of aryl methyl sites for hydroxylation is 1. The Morgan fingerprint density at radius 3 is 2.50 bits per heavy atom. The van der Waals surface area contributed by atoms with Crippen molar-refractivity contribution in [3.63, 3.8) is 0 Å². The maximum Gasteiger partial charge on any atom is 0.335 e. The number of benzene rings is 2. The molecule has 0 spiro atoms. The highest BCUT2D eigenvalue weighted by atomic mass is 19.1. The van der Waals surface area contributed by atoms with E-state index in [4.69, 9.17) is 10.8 Å². The third kappa shape index (κ3) is 4.99. The molecule has 1 atom stereocenters. The molecule has 4 aromatic rings. The van der Waals surface area contributed by atoms with Crippen molar-refractivity contribution in [1.29, 1.82) is 0 Å². The molecule has 0 bridgehead atoms. The van der Waals surface area contributed by atoms with Gasteiger partial charge in [-0.05, 0) is 48.7 Å². The molecule has 0 fully saturated rings. The molecule has 0 aliphatic heterocycles. The third-order valence-electron chi connectivity index (χ3n) is 5.65. The molecule has 5 N–H and O–H groups in total. The number of carbonyl (C=O) groups is 3. The van der Waals surface area contributed by atoms with Crippen LogP contribution in [0.15, 0.2) is 54.7 Å². The zero-order chi connectivity index (χ0) is 26.0. The third-order valence-corrected chi connectivity index (χ3v) is 5.65. The Bertz CT molecular complexity index is 1480. The Balaban J connectivity index is 1.56. The highest BCUT2D eigenvalue weighted by Gasteiger charge is 2.21. The number of carboxylic acids is 1. The zero-order valence-electron chi connectivity index (χ0n) is 19.4. The van der Waals surface area contributed by atoms with Crippen LogP contribution in [0.25, 0.3) is 5.65 Å². The molecule has 0 unspecified atom stereocenters. The first-order valence-electron chi connectivity index (χ1n) is 11.0. The molecule has 2 amide bonds. The fourth-order valence-electron chi connectivity index (χ4n) is 3.62. The lowest BCUT2D eigenvalue weighted by atomic mass is 10.1. The number of halogens is 1. The van der Waals surface area contributed by atoms with Crippen LogP contribution in [0.5, 0.6) is 0 Å². The quantitative estimate of drug-likeness (QED) is 0.311. The van der Waals surface area contributed by atoms with Crippen molar-refractivity contribution in [2.45, 2.75) is 26.4 Å². The van der Waals surface area contributed by atoms with Gasteiger partial charge in [0, 0.05) is 12.6 Å². The number of nitrogen functional groups attached to an aromatic ring is 1. The van der Waals surface area contributed by atoms with Gasteiger partial charge in [-0.2, -0.15) is 5.10 Å². The van der Waals surface area contributed by atoms with Crippen LogP contribution in [-0.4, -0.2) is 37.5 Å². The summed E-state index contributed by atoms with van der Waals surface area (Å²) in [6.45, 7) is 3.50. The molecule has 11 heteroatoms. The van der Waals surface area contributed by atoms with Crippen LogP contribution < -0.4 is 16.4 Å². The topological polar surface area (TPSA) is 152 Å². The maximum atomic E-state index is 13.5. The number of hydrogen-bond donors (Lipinski definition) is 4. The van der Waals surface area contributed by atoms with E-state index in [2.05, 4.69) is 20.7 Å². The maximum absolute atomic E-state index is 13.5. The first kappa shape index (κ1) is 24.3. The lowest BCUT2D eigenvalue weighted by Crippen LogP contribution is -2.30. The number of rotatable bonds is 7. The van der Waals surface area contributed by atoms with Crippen LogP contribution in [0.3, 0.4) is 0 Å². The SMILES string of the molecule is Cc1cc(CNC(=O)c2cc(C(=O)N[C@@H](C)c3ccc(C(=O)O)cc3)nc3c(N)cnn23)ccc1F. The molecule has 4 rings (SSSR count). The summed E-state index contributed by atoms with van der Waals surface area (Å²) in [7, 11) is 0. The Labute approximate surface area is 205 Å². The van der Waals surface area contributed by atoms with Gasteiger partial charge in [0.1, 0.15) is 17.2 Å². The van der Waals surface area contributed by atoms with Gasteiger partial charge in [0.2, 0.25) is 0 Å². The molecule has 0 aliphatic rings. The second kappa shape index (κ2) is 9.82. The minimum Gasteiger partial charge on any atom is -0.478 e. The second-order valence-corrected chi connectivity index (χ2v) is 8.25. The van der Waals surface area contributed by atoms with Crippen molar-refractivity contribution in [3.8, 4) is 0 Å². The number of hydrogen-bond acceptors (Lipinski definition) is 6. The van der Waals surface area contributed by atoms with Gasteiger partial charge < -0.3 is 21.5 Å². The monoisotopic (exact) mass is 490 g/mol. The largest absolute Gasteiger partial charge is 0.478 e. The minimum atomic E-state index is -1.05. The van der Waals surface area contributed by atoms with Crippen LogP contribution >= 0.6 is 0 Å². The molecule has 2 aromatic heterocycles. The number of nitrogens with zero attached hydrogens (tertiary/aromatic N) is 3. The number of anilines is 1. The lowest BCUT2D eigenvalue weighted by molar-refractivity contribution is 0.0696. The summed E-state index contributed by atoms with van der Waals surface area (Å²) in [5, 5.41) is 18.7. The summed E-state index contributed by atoms with van der Waals surface area (Å²) in [6, 6.07) is 11.5. The van der Waals surface area contributed by atoms with Crippen molar-refractivity contribution >= 4 is 29.1 Å². The Morgan fingerprint density at radius 2 is 1.83 bits per heavy atom. The first-order valence-corrected chi connectivity index (χ1v) is 11.0. The van der Waals surface area contributed by atoms with Crippen molar-refractivity contribution in [2.75, 3.05) is 5.73 Å². The molecule has 0 saturated carbocycles. The van der Waals surface area contributed by atoms with Gasteiger partial charge in [-0.25, -0.2) is 18.7 Å². The number of carboxylic acid groups (broad SMARTS) is 1. The smallest absolute Gasteiger partial charge is 0.335 e. The Hall–Kier alpha value is -4.80. The fraction of sp³-hybridized carbons (Fsp3) is 0.160. The van der Waals surface area contributed by atoms with Crippen molar-refractivity contribution in [1.82, 2.24) is 25.2 Å². The van der Waals surface area contributed by atoms with E-state index in [1.54, 1.807) is 38.1 Å². The predicted octanol–water partition coefficient (Wildman–Crippen LogP) is 2.88.